The van der Waals surface area contributed by atoms with Crippen LogP contribution in [0.1, 0.15) is 95.8 Å². The molecule has 3 aromatic carbocycles. The topological polar surface area (TPSA) is 198 Å². The number of carbonyl (C=O) groups is 4. The number of aliphatic hydroxyl groups is 1. The number of likely N-dealkylation sites (tertiary alicyclic amines) is 1. The molecule has 15 nitrogen and oxygen atoms in total. The van der Waals surface area contributed by atoms with Gasteiger partial charge in [0.1, 0.15) is 36.6 Å². The van der Waals surface area contributed by atoms with E-state index in [9.17, 15) is 29.5 Å². The molecule has 2 heterocycles. The van der Waals surface area contributed by atoms with Gasteiger partial charge in [-0.2, -0.15) is 5.26 Å². The van der Waals surface area contributed by atoms with Crippen LogP contribution >= 0.6 is 22.9 Å². The number of nitrogens with one attached hydrogen (secondary N) is 4. The van der Waals surface area contributed by atoms with E-state index in [1.165, 1.54) is 4.90 Å². The summed E-state index contributed by atoms with van der Waals surface area (Å²) in [5.74, 6) is -0.923. The van der Waals surface area contributed by atoms with Gasteiger partial charge in [0.15, 0.2) is 0 Å². The van der Waals surface area contributed by atoms with Crippen molar-refractivity contribution >= 4 is 57.9 Å². The summed E-state index contributed by atoms with van der Waals surface area (Å²) in [4.78, 5) is 60.9. The highest BCUT2D eigenvalue weighted by Gasteiger charge is 2.64. The summed E-state index contributed by atoms with van der Waals surface area (Å²) in [5.41, 5.74) is 7.74. The Morgan fingerprint density at radius 2 is 1.71 bits per heavy atom. The molecular weight excluding hydrogens is 904 g/mol. The number of aryl methyl sites for hydroxylation is 1. The van der Waals surface area contributed by atoms with Crippen LogP contribution in [-0.4, -0.2) is 102 Å². The smallest absolute Gasteiger partial charge is 0.261 e. The Bertz CT molecular complexity index is 2450. The number of nitriles is 1. The zero-order chi connectivity index (χ0) is 49.6. The number of hydrazine groups is 1. The van der Waals surface area contributed by atoms with Crippen molar-refractivity contribution in [3.8, 4) is 22.3 Å². The highest BCUT2D eigenvalue weighted by Crippen LogP contribution is 2.55. The Hall–Kier alpha value is -5.73. The molecule has 1 aromatic heterocycles. The van der Waals surface area contributed by atoms with Gasteiger partial charge in [0.2, 0.25) is 11.8 Å². The van der Waals surface area contributed by atoms with Crippen LogP contribution in [0.3, 0.4) is 0 Å². The summed E-state index contributed by atoms with van der Waals surface area (Å²) in [7, 11) is 1.71. The molecule has 2 aliphatic rings. The van der Waals surface area contributed by atoms with Crippen molar-refractivity contribution < 1.29 is 33.8 Å². The predicted molar refractivity (Wildman–Crippen MR) is 265 cm³/mol. The number of halogens is 1. The maximum Gasteiger partial charge on any atom is 0.261 e. The molecule has 1 aliphatic heterocycles. The van der Waals surface area contributed by atoms with E-state index in [1.54, 1.807) is 59.2 Å². The fraction of sp³-hybridized carbons (Fsp3) is 0.490. The molecule has 6 rings (SSSR count). The fourth-order valence-corrected chi connectivity index (χ4v) is 10.5. The molecule has 0 radical (unpaired) electrons. The van der Waals surface area contributed by atoms with Gasteiger partial charge >= 0.3 is 0 Å². The molecule has 1 saturated carbocycles. The Labute approximate surface area is 408 Å². The molecule has 4 amide bonds. The van der Waals surface area contributed by atoms with Crippen molar-refractivity contribution in [2.24, 2.45) is 16.2 Å². The van der Waals surface area contributed by atoms with Gasteiger partial charge in [-0.1, -0.05) is 72.2 Å². The lowest BCUT2D eigenvalue weighted by Crippen LogP contribution is -2.74. The number of hydrogen-bond acceptors (Lipinski definition) is 12. The summed E-state index contributed by atoms with van der Waals surface area (Å²) in [6.07, 6.45) is 1.40. The number of amides is 4. The summed E-state index contributed by atoms with van der Waals surface area (Å²) in [5, 5.41) is 31.2. The van der Waals surface area contributed by atoms with E-state index in [4.69, 9.17) is 21.1 Å². The van der Waals surface area contributed by atoms with Crippen molar-refractivity contribution in [3.05, 3.63) is 94.1 Å². The summed E-state index contributed by atoms with van der Waals surface area (Å²) in [6.45, 7) is 16.6. The number of benzene rings is 3. The van der Waals surface area contributed by atoms with E-state index in [0.717, 1.165) is 46.8 Å². The number of thiazole rings is 1. The second-order valence-corrected chi connectivity index (χ2v) is 21.3. The molecule has 17 heteroatoms. The Morgan fingerprint density at radius 1 is 1.01 bits per heavy atom. The highest BCUT2D eigenvalue weighted by atomic mass is 35.5. The number of hydrogen-bond donors (Lipinski definition) is 5. The van der Waals surface area contributed by atoms with Crippen LogP contribution in [0.5, 0.6) is 5.75 Å². The van der Waals surface area contributed by atoms with Crippen LogP contribution < -0.4 is 31.1 Å². The molecule has 364 valence electrons. The van der Waals surface area contributed by atoms with E-state index < -0.39 is 41.3 Å². The van der Waals surface area contributed by atoms with Crippen LogP contribution in [0.4, 0.5) is 11.4 Å². The van der Waals surface area contributed by atoms with E-state index in [-0.39, 0.29) is 48.5 Å². The van der Waals surface area contributed by atoms with E-state index >= 15 is 0 Å². The Morgan fingerprint density at radius 3 is 2.32 bits per heavy atom. The molecule has 1 unspecified atom stereocenters. The lowest BCUT2D eigenvalue weighted by atomic mass is 9.49. The lowest BCUT2D eigenvalue weighted by molar-refractivity contribution is -0.164. The largest absolute Gasteiger partial charge is 0.489 e. The average Bonchev–Trinajstić information content (AvgIpc) is 3.91. The second-order valence-electron chi connectivity index (χ2n) is 20.0. The number of rotatable bonds is 19. The van der Waals surface area contributed by atoms with Gasteiger partial charge in [-0.05, 0) is 85.7 Å². The van der Waals surface area contributed by atoms with Gasteiger partial charge in [-0.25, -0.2) is 4.98 Å². The summed E-state index contributed by atoms with van der Waals surface area (Å²) in [6, 6.07) is 20.1. The third-order valence-corrected chi connectivity index (χ3v) is 14.2. The minimum Gasteiger partial charge on any atom is -0.489 e. The summed E-state index contributed by atoms with van der Waals surface area (Å²) >= 11 is 7.80. The van der Waals surface area contributed by atoms with Crippen LogP contribution in [0.2, 0.25) is 5.02 Å². The molecule has 1 saturated heterocycles. The molecule has 0 bridgehead atoms. The monoisotopic (exact) mass is 968 g/mol. The van der Waals surface area contributed by atoms with Gasteiger partial charge < -0.3 is 35.4 Å². The quantitative estimate of drug-likeness (QED) is 0.0461. The Kier molecular flexibility index (Phi) is 16.5. The van der Waals surface area contributed by atoms with Gasteiger partial charge in [0.25, 0.3) is 11.8 Å². The van der Waals surface area contributed by atoms with Crippen LogP contribution in [0.15, 0.2) is 72.2 Å². The van der Waals surface area contributed by atoms with E-state index in [1.807, 2.05) is 64.1 Å². The van der Waals surface area contributed by atoms with Crippen molar-refractivity contribution in [1.82, 2.24) is 25.9 Å². The maximum atomic E-state index is 14.0. The number of ether oxygens (including phenoxy) is 2. The van der Waals surface area contributed by atoms with Gasteiger partial charge in [-0.3, -0.25) is 29.6 Å². The van der Waals surface area contributed by atoms with Crippen LogP contribution in [-0.2, 0) is 19.1 Å². The number of aromatic nitrogens is 1. The zero-order valence-electron chi connectivity index (χ0n) is 40.4. The number of carbonyl (C=O) groups excluding carboxylic acids is 4. The number of β-amino-alcohol motifs (C(OH)–C–C–N with tert-alkyl or cyclic N) is 1. The first-order valence-corrected chi connectivity index (χ1v) is 24.3. The van der Waals surface area contributed by atoms with Crippen molar-refractivity contribution in [3.63, 3.8) is 0 Å². The third-order valence-electron chi connectivity index (χ3n) is 12.9. The second kappa shape index (κ2) is 21.7. The molecule has 5 N–H and O–H groups in total. The lowest BCUT2D eigenvalue weighted by Gasteiger charge is -2.63. The number of nitrogens with zero attached hydrogens (tertiary/aromatic N) is 4. The minimum atomic E-state index is -0.966. The van der Waals surface area contributed by atoms with Crippen LogP contribution in [0, 0.1) is 34.5 Å². The molecule has 4 aromatic rings. The van der Waals surface area contributed by atoms with Crippen molar-refractivity contribution in [2.75, 3.05) is 43.7 Å². The number of aliphatic hydroxyl groups excluding tert-OH is 1. The molecule has 2 fully saturated rings. The first-order valence-electron chi connectivity index (χ1n) is 23.0. The highest BCUT2D eigenvalue weighted by molar-refractivity contribution is 7.13. The van der Waals surface area contributed by atoms with Gasteiger partial charge in [0.05, 0.1) is 38.5 Å². The predicted octanol–water partition coefficient (Wildman–Crippen LogP) is 7.51. The third kappa shape index (κ3) is 12.1. The number of anilines is 2. The number of unbranched alkanes of at least 4 members (excludes halogenated alkanes) is 2. The molecule has 68 heavy (non-hydrogen) atoms. The van der Waals surface area contributed by atoms with Crippen molar-refractivity contribution in [1.29, 1.82) is 5.26 Å². The minimum absolute atomic E-state index is 0.0320. The van der Waals surface area contributed by atoms with E-state index in [0.29, 0.717) is 35.1 Å². The first-order chi connectivity index (χ1) is 32.1. The summed E-state index contributed by atoms with van der Waals surface area (Å²) < 4.78 is 12.0. The molecule has 1 aliphatic carbocycles. The van der Waals surface area contributed by atoms with Gasteiger partial charge in [-0.15, -0.1) is 11.3 Å². The first kappa shape index (κ1) is 51.7. The zero-order valence-corrected chi connectivity index (χ0v) is 42.0. The molecular formula is C51H65ClN8O7S. The normalized spacial score (nSPS) is 19.8. The fourth-order valence-electron chi connectivity index (χ4n) is 9.50. The molecule has 0 spiro atoms. The molecule has 3 atom stereocenters. The standard InChI is InChI=1S/C51H65ClN8O7S/c1-31-42(68-30-55-31)32-15-20-36(21-16-32)59(9)58-45(64)40-25-37(61)28-60(40)46(65)43(49(2,3)4)56-41(62)29-66-24-12-10-11-23-54-35-18-13-33(14-19-35)44(63)57-47-50(5,6)48(51(47,7)8)67-38-22-17-34(27-53)39(52)26-38/h13-22,26,30,37,40,43,47-48,54,61H,10-12,23-25,28-29H2,1-9H3,(H,56,62)(H,57,63)(H,58,64)/t37-,40+,43?,47?,48?/m1/s1. The Balaban J connectivity index is 0.887. The SMILES string of the molecule is Cc1ncsc1-c1ccc(N(C)NC(=O)[C@@H]2C[C@@H](O)CN2C(=O)C(NC(=O)COCCCCCNc2ccc(C(=O)NC3C(C)(C)C(Oc4ccc(C#N)c(Cl)c4)C3(C)C)cc2)C(C)(C)C)cc1. The van der Waals surface area contributed by atoms with Crippen LogP contribution in [0.25, 0.3) is 10.4 Å². The van der Waals surface area contributed by atoms with Crippen molar-refractivity contribution in [2.45, 2.75) is 111 Å². The average molecular weight is 970 g/mol. The maximum absolute atomic E-state index is 14.0. The van der Waals surface area contributed by atoms with E-state index in [2.05, 4.69) is 60.1 Å². The van der Waals surface area contributed by atoms with Gasteiger partial charge in [0, 0.05) is 67.4 Å².